The van der Waals surface area contributed by atoms with E-state index in [9.17, 15) is 13.2 Å². The van der Waals surface area contributed by atoms with E-state index in [1.807, 2.05) is 44.7 Å². The van der Waals surface area contributed by atoms with E-state index in [0.29, 0.717) is 36.3 Å². The van der Waals surface area contributed by atoms with Crippen LogP contribution in [0.3, 0.4) is 0 Å². The number of rotatable bonds is 7. The van der Waals surface area contributed by atoms with Gasteiger partial charge < -0.3 is 14.4 Å². The van der Waals surface area contributed by atoms with Crippen molar-refractivity contribution in [3.63, 3.8) is 0 Å². The zero-order chi connectivity index (χ0) is 22.1. The Labute approximate surface area is 190 Å². The third kappa shape index (κ3) is 5.13. The van der Waals surface area contributed by atoms with E-state index in [0.717, 1.165) is 10.2 Å². The Morgan fingerprint density at radius 1 is 1.23 bits per heavy atom. The lowest BCUT2D eigenvalue weighted by molar-refractivity contribution is -0.118. The predicted octanol–water partition coefficient (Wildman–Crippen LogP) is 3.89. The Bertz CT molecular complexity index is 949. The number of ether oxygens (including phenoxy) is 2. The number of hydrogen-bond acceptors (Lipinski definition) is 6. The predicted molar refractivity (Wildman–Crippen MR) is 125 cm³/mol. The summed E-state index contributed by atoms with van der Waals surface area (Å²) in [5.74, 6) is 1.29. The first-order valence-corrected chi connectivity index (χ1v) is 13.5. The van der Waals surface area contributed by atoms with Gasteiger partial charge in [-0.1, -0.05) is 25.6 Å². The van der Waals surface area contributed by atoms with Gasteiger partial charge in [-0.2, -0.15) is 4.99 Å². The zero-order valence-corrected chi connectivity index (χ0v) is 20.8. The van der Waals surface area contributed by atoms with Gasteiger partial charge in [0.25, 0.3) is 0 Å². The highest BCUT2D eigenvalue weighted by atomic mass is 79.9. The minimum atomic E-state index is -3.14. The lowest BCUT2D eigenvalue weighted by atomic mass is 10.1. The van der Waals surface area contributed by atoms with Crippen molar-refractivity contribution in [2.75, 3.05) is 29.6 Å². The van der Waals surface area contributed by atoms with Crippen LogP contribution >= 0.6 is 27.7 Å². The fraction of sp³-hybridized carbons (Fsp3) is 0.600. The minimum Gasteiger partial charge on any atom is -0.490 e. The highest BCUT2D eigenvalue weighted by Gasteiger charge is 2.50. The third-order valence-corrected chi connectivity index (χ3v) is 8.59. The normalized spacial score (nSPS) is 23.8. The fourth-order valence-electron chi connectivity index (χ4n) is 3.59. The van der Waals surface area contributed by atoms with Crippen LogP contribution in [0.2, 0.25) is 0 Å². The van der Waals surface area contributed by atoms with Gasteiger partial charge in [-0.05, 0) is 35.7 Å². The number of hydrogen-bond donors (Lipinski definition) is 0. The Kier molecular flexibility index (Phi) is 7.40. The second-order valence-corrected chi connectivity index (χ2v) is 11.9. The SMILES string of the molecule is CCOc1cc(Br)c(N2C(=NC(=O)CC(C)C)S[C@H]3CS(=O)(=O)C[C@H]32)cc1OCC. The number of nitrogens with zero attached hydrogens (tertiary/aromatic N) is 2. The van der Waals surface area contributed by atoms with Gasteiger partial charge in [-0.3, -0.25) is 4.79 Å². The molecule has 0 aliphatic carbocycles. The molecule has 0 aromatic heterocycles. The van der Waals surface area contributed by atoms with E-state index in [-0.39, 0.29) is 34.6 Å². The molecule has 0 bridgehead atoms. The molecule has 30 heavy (non-hydrogen) atoms. The molecule has 2 fully saturated rings. The molecular weight excluding hydrogens is 492 g/mol. The highest BCUT2D eigenvalue weighted by Crippen LogP contribution is 2.46. The highest BCUT2D eigenvalue weighted by molar-refractivity contribution is 9.10. The number of amides is 1. The summed E-state index contributed by atoms with van der Waals surface area (Å²) < 4.78 is 36.7. The van der Waals surface area contributed by atoms with Gasteiger partial charge in [0.15, 0.2) is 26.5 Å². The molecule has 2 atom stereocenters. The Hall–Kier alpha value is -1.26. The van der Waals surface area contributed by atoms with Crippen molar-refractivity contribution in [3.8, 4) is 11.5 Å². The summed E-state index contributed by atoms with van der Waals surface area (Å²) in [5, 5.41) is 0.382. The molecule has 0 N–H and O–H groups in total. The minimum absolute atomic E-state index is 0.0334. The van der Waals surface area contributed by atoms with Crippen molar-refractivity contribution in [3.05, 3.63) is 16.6 Å². The largest absolute Gasteiger partial charge is 0.490 e. The van der Waals surface area contributed by atoms with Gasteiger partial charge in [0.05, 0.1) is 36.4 Å². The molecular formula is C20H27BrN2O5S2. The van der Waals surface area contributed by atoms with Crippen molar-refractivity contribution >= 4 is 54.3 Å². The first kappa shape index (κ1) is 23.4. The van der Waals surface area contributed by atoms with Gasteiger partial charge in [0.2, 0.25) is 5.91 Å². The number of anilines is 1. The van der Waals surface area contributed by atoms with E-state index in [1.165, 1.54) is 11.8 Å². The molecule has 1 aromatic carbocycles. The Balaban J connectivity index is 2.07. The summed E-state index contributed by atoms with van der Waals surface area (Å²) in [6, 6.07) is 3.36. The number of carbonyl (C=O) groups excluding carboxylic acids is 1. The smallest absolute Gasteiger partial charge is 0.248 e. The lowest BCUT2D eigenvalue weighted by Crippen LogP contribution is -2.38. The van der Waals surface area contributed by atoms with Crippen LogP contribution in [0.15, 0.2) is 21.6 Å². The van der Waals surface area contributed by atoms with Crippen molar-refractivity contribution in [2.24, 2.45) is 10.9 Å². The summed E-state index contributed by atoms with van der Waals surface area (Å²) in [7, 11) is -3.14. The molecule has 1 amide bonds. The quantitative estimate of drug-likeness (QED) is 0.540. The van der Waals surface area contributed by atoms with Crippen LogP contribution < -0.4 is 14.4 Å². The molecule has 166 valence electrons. The van der Waals surface area contributed by atoms with E-state index >= 15 is 0 Å². The number of sulfone groups is 1. The monoisotopic (exact) mass is 518 g/mol. The Morgan fingerprint density at radius 3 is 2.47 bits per heavy atom. The average Bonchev–Trinajstić information content (AvgIpc) is 3.08. The van der Waals surface area contributed by atoms with Gasteiger partial charge in [0, 0.05) is 28.3 Å². The second kappa shape index (κ2) is 9.48. The molecule has 1 aromatic rings. The van der Waals surface area contributed by atoms with E-state index < -0.39 is 9.84 Å². The number of benzene rings is 1. The molecule has 10 heteroatoms. The van der Waals surface area contributed by atoms with Crippen LogP contribution in [0.25, 0.3) is 0 Å². The number of carbonyl (C=O) groups is 1. The number of amidine groups is 1. The average molecular weight is 519 g/mol. The summed E-state index contributed by atoms with van der Waals surface area (Å²) in [6.45, 7) is 8.68. The summed E-state index contributed by atoms with van der Waals surface area (Å²) >= 11 is 4.96. The molecule has 2 aliphatic rings. The second-order valence-electron chi connectivity index (χ2n) is 7.67. The Morgan fingerprint density at radius 2 is 1.87 bits per heavy atom. The van der Waals surface area contributed by atoms with Crippen LogP contribution in [0, 0.1) is 5.92 Å². The maximum atomic E-state index is 12.4. The molecule has 0 radical (unpaired) electrons. The standard InChI is InChI=1S/C20H27BrN2O5S2/c1-5-27-16-8-13(21)14(9-17(16)28-6-2)23-15-10-30(25,26)11-18(15)29-20(23)22-19(24)7-12(3)4/h8-9,12,15,18H,5-7,10-11H2,1-4H3/t15-,18+/m1/s1. The van der Waals surface area contributed by atoms with Crippen LogP contribution in [-0.4, -0.2) is 55.5 Å². The molecule has 2 aliphatic heterocycles. The van der Waals surface area contributed by atoms with E-state index in [4.69, 9.17) is 9.47 Å². The fourth-order valence-corrected chi connectivity index (χ4v) is 8.03. The maximum Gasteiger partial charge on any atom is 0.248 e. The first-order valence-electron chi connectivity index (χ1n) is 10.0. The topological polar surface area (TPSA) is 85.3 Å². The van der Waals surface area contributed by atoms with Crippen molar-refractivity contribution in [2.45, 2.75) is 45.4 Å². The number of halogens is 1. The van der Waals surface area contributed by atoms with E-state index in [2.05, 4.69) is 20.9 Å². The zero-order valence-electron chi connectivity index (χ0n) is 17.6. The third-order valence-electron chi connectivity index (χ3n) is 4.74. The van der Waals surface area contributed by atoms with Gasteiger partial charge in [0.1, 0.15) is 0 Å². The number of aliphatic imine (C=N–C) groups is 1. The molecule has 7 nitrogen and oxygen atoms in total. The maximum absolute atomic E-state index is 12.4. The van der Waals surface area contributed by atoms with Crippen molar-refractivity contribution < 1.29 is 22.7 Å². The molecule has 0 saturated carbocycles. The molecule has 2 heterocycles. The molecule has 3 rings (SSSR count). The van der Waals surface area contributed by atoms with Crippen LogP contribution in [0.5, 0.6) is 11.5 Å². The van der Waals surface area contributed by atoms with Crippen LogP contribution in [0.1, 0.15) is 34.1 Å². The van der Waals surface area contributed by atoms with Gasteiger partial charge >= 0.3 is 0 Å². The van der Waals surface area contributed by atoms with Crippen LogP contribution in [-0.2, 0) is 14.6 Å². The summed E-state index contributed by atoms with van der Waals surface area (Å²) in [4.78, 5) is 18.7. The van der Waals surface area contributed by atoms with E-state index in [1.54, 1.807) is 0 Å². The molecule has 0 spiro atoms. The first-order chi connectivity index (χ1) is 14.1. The van der Waals surface area contributed by atoms with Gasteiger partial charge in [-0.15, -0.1) is 0 Å². The molecule has 0 unspecified atom stereocenters. The van der Waals surface area contributed by atoms with Crippen LogP contribution in [0.4, 0.5) is 5.69 Å². The van der Waals surface area contributed by atoms with Crippen molar-refractivity contribution in [1.29, 1.82) is 0 Å². The number of thioether (sulfide) groups is 1. The van der Waals surface area contributed by atoms with Crippen molar-refractivity contribution in [1.82, 2.24) is 0 Å². The number of fused-ring (bicyclic) bond motifs is 1. The molecule has 2 saturated heterocycles. The summed E-state index contributed by atoms with van der Waals surface area (Å²) in [6.07, 6.45) is 0.347. The lowest BCUT2D eigenvalue weighted by Gasteiger charge is -2.27. The van der Waals surface area contributed by atoms with Gasteiger partial charge in [-0.25, -0.2) is 8.42 Å². The summed E-state index contributed by atoms with van der Waals surface area (Å²) in [5.41, 5.74) is 0.718.